The normalized spacial score (nSPS) is 48.9. The molecular formula is C24H36O4. The molecule has 4 fully saturated rings. The predicted molar refractivity (Wildman–Crippen MR) is 107 cm³/mol. The second kappa shape index (κ2) is 6.15. The van der Waals surface area contributed by atoms with E-state index in [-0.39, 0.29) is 22.3 Å². The molecule has 1 heterocycles. The van der Waals surface area contributed by atoms with Gasteiger partial charge in [-0.15, -0.1) is 0 Å². The van der Waals surface area contributed by atoms with Crippen LogP contribution in [0.25, 0.3) is 0 Å². The Labute approximate surface area is 169 Å². The van der Waals surface area contributed by atoms with E-state index in [0.29, 0.717) is 17.8 Å². The van der Waals surface area contributed by atoms with Crippen molar-refractivity contribution in [2.24, 2.45) is 34.0 Å². The first-order chi connectivity index (χ1) is 13.2. The van der Waals surface area contributed by atoms with E-state index in [0.717, 1.165) is 64.6 Å². The number of hydrogen-bond acceptors (Lipinski definition) is 4. The van der Waals surface area contributed by atoms with Gasteiger partial charge in [-0.1, -0.05) is 32.4 Å². The van der Waals surface area contributed by atoms with E-state index in [2.05, 4.69) is 26.8 Å². The third kappa shape index (κ3) is 2.56. The first-order valence-corrected chi connectivity index (χ1v) is 11.4. The summed E-state index contributed by atoms with van der Waals surface area (Å²) in [4.78, 5) is 12.6. The third-order valence-electron chi connectivity index (χ3n) is 9.24. The highest BCUT2D eigenvalue weighted by atomic mass is 16.7. The van der Waals surface area contributed by atoms with Crippen molar-refractivity contribution in [3.8, 4) is 0 Å². The number of ether oxygens (including phenoxy) is 2. The molecule has 6 atom stereocenters. The van der Waals surface area contributed by atoms with Gasteiger partial charge in [0.1, 0.15) is 6.29 Å². The molecule has 4 aliphatic carbocycles. The Hall–Kier alpha value is -0.710. The maximum absolute atomic E-state index is 12.6. The highest BCUT2D eigenvalue weighted by Gasteiger charge is 2.61. The van der Waals surface area contributed by atoms with Gasteiger partial charge in [-0.2, -0.15) is 0 Å². The average Bonchev–Trinajstić information content (AvgIpc) is 2.99. The molecule has 1 saturated heterocycles. The number of allylic oxidation sites excluding steroid dienone is 2. The summed E-state index contributed by atoms with van der Waals surface area (Å²) in [5, 5.41) is 10.6. The van der Waals surface area contributed by atoms with Crippen LogP contribution in [0.15, 0.2) is 11.6 Å². The molecule has 156 valence electrons. The summed E-state index contributed by atoms with van der Waals surface area (Å²) in [6.07, 6.45) is 11.1. The average molecular weight is 389 g/mol. The van der Waals surface area contributed by atoms with E-state index < -0.39 is 5.79 Å². The molecule has 0 aromatic rings. The van der Waals surface area contributed by atoms with Crippen LogP contribution in [-0.2, 0) is 14.3 Å². The van der Waals surface area contributed by atoms with Crippen molar-refractivity contribution in [2.45, 2.75) is 84.0 Å². The first kappa shape index (κ1) is 19.3. The first-order valence-electron chi connectivity index (χ1n) is 11.4. The highest BCUT2D eigenvalue weighted by Crippen LogP contribution is 2.65. The lowest BCUT2D eigenvalue weighted by atomic mass is 9.48. The van der Waals surface area contributed by atoms with Crippen LogP contribution in [0.1, 0.15) is 72.1 Å². The smallest absolute Gasteiger partial charge is 0.168 e. The Kier molecular flexibility index (Phi) is 4.23. The molecule has 0 amide bonds. The second-order valence-electron chi connectivity index (χ2n) is 11.5. The minimum absolute atomic E-state index is 0.00212. The Morgan fingerprint density at radius 3 is 2.54 bits per heavy atom. The minimum Gasteiger partial charge on any atom is -0.393 e. The van der Waals surface area contributed by atoms with Gasteiger partial charge in [0.2, 0.25) is 0 Å². The predicted octanol–water partition coefficient (Wildman–Crippen LogP) is 4.26. The fourth-order valence-electron chi connectivity index (χ4n) is 7.39. The van der Waals surface area contributed by atoms with Gasteiger partial charge in [-0.25, -0.2) is 0 Å². The SMILES string of the molecule is CC1(C)COC2(CC[C@]3(C=O)C4=CCC5(C)C(O)CCC5C4CCC3C2)OC1. The summed E-state index contributed by atoms with van der Waals surface area (Å²) in [6, 6.07) is 0. The zero-order valence-corrected chi connectivity index (χ0v) is 17.7. The van der Waals surface area contributed by atoms with E-state index in [1.165, 1.54) is 11.9 Å². The van der Waals surface area contributed by atoms with Crippen LogP contribution in [0.2, 0.25) is 0 Å². The number of carbonyl (C=O) groups is 1. The van der Waals surface area contributed by atoms with Crippen LogP contribution in [0.4, 0.5) is 0 Å². The van der Waals surface area contributed by atoms with Crippen molar-refractivity contribution in [3.63, 3.8) is 0 Å². The lowest BCUT2D eigenvalue weighted by Gasteiger charge is -2.58. The lowest BCUT2D eigenvalue weighted by Crippen LogP contribution is -2.57. The van der Waals surface area contributed by atoms with Crippen molar-refractivity contribution in [3.05, 3.63) is 11.6 Å². The minimum atomic E-state index is -0.479. The molecule has 1 N–H and O–H groups in total. The standard InChI is InChI=1S/C24H36O4/c1-21(2)14-27-24(28-15-21)11-10-23(13-25)16(12-24)4-5-17-18-6-7-20(26)22(18,3)9-8-19(17)23/h8,13,16-18,20,26H,4-7,9-12,14-15H2,1-3H3/t16?,17?,18?,20?,22?,23-/m1/s1. The number of aliphatic hydroxyl groups excluding tert-OH is 1. The van der Waals surface area contributed by atoms with E-state index in [9.17, 15) is 9.90 Å². The van der Waals surface area contributed by atoms with Crippen molar-refractivity contribution in [2.75, 3.05) is 13.2 Å². The van der Waals surface area contributed by atoms with Gasteiger partial charge in [0.25, 0.3) is 0 Å². The van der Waals surface area contributed by atoms with Gasteiger partial charge in [0.15, 0.2) is 5.79 Å². The fraction of sp³-hybridized carbons (Fsp3) is 0.875. The highest BCUT2D eigenvalue weighted by molar-refractivity contribution is 5.67. The molecule has 4 heteroatoms. The molecule has 0 bridgehead atoms. The third-order valence-corrected chi connectivity index (χ3v) is 9.24. The zero-order chi connectivity index (χ0) is 19.8. The fourth-order valence-corrected chi connectivity index (χ4v) is 7.39. The number of aliphatic hydroxyl groups is 1. The summed E-state index contributed by atoms with van der Waals surface area (Å²) in [5.41, 5.74) is 1.15. The van der Waals surface area contributed by atoms with E-state index in [1.807, 2.05) is 0 Å². The Morgan fingerprint density at radius 1 is 1.07 bits per heavy atom. The summed E-state index contributed by atoms with van der Waals surface area (Å²) in [7, 11) is 0. The lowest BCUT2D eigenvalue weighted by molar-refractivity contribution is -0.322. The molecule has 5 unspecified atom stereocenters. The summed E-state index contributed by atoms with van der Waals surface area (Å²) in [6.45, 7) is 8.10. The van der Waals surface area contributed by atoms with Crippen molar-refractivity contribution < 1.29 is 19.4 Å². The van der Waals surface area contributed by atoms with Crippen LogP contribution in [0.5, 0.6) is 0 Å². The molecule has 5 rings (SSSR count). The topological polar surface area (TPSA) is 55.8 Å². The molecular weight excluding hydrogens is 352 g/mol. The summed E-state index contributed by atoms with van der Waals surface area (Å²) < 4.78 is 12.6. The number of rotatable bonds is 1. The molecule has 1 spiro atoms. The zero-order valence-electron chi connectivity index (χ0n) is 17.7. The molecule has 28 heavy (non-hydrogen) atoms. The molecule has 0 aromatic carbocycles. The summed E-state index contributed by atoms with van der Waals surface area (Å²) >= 11 is 0. The molecule has 0 radical (unpaired) electrons. The summed E-state index contributed by atoms with van der Waals surface area (Å²) in [5.74, 6) is 0.836. The maximum Gasteiger partial charge on any atom is 0.168 e. The van der Waals surface area contributed by atoms with Crippen LogP contribution in [-0.4, -0.2) is 36.5 Å². The van der Waals surface area contributed by atoms with Gasteiger partial charge in [-0.05, 0) is 56.3 Å². The number of aldehydes is 1. The van der Waals surface area contributed by atoms with Gasteiger partial charge >= 0.3 is 0 Å². The van der Waals surface area contributed by atoms with Gasteiger partial charge in [0, 0.05) is 23.7 Å². The maximum atomic E-state index is 12.6. The monoisotopic (exact) mass is 388 g/mol. The van der Waals surface area contributed by atoms with E-state index in [4.69, 9.17) is 9.47 Å². The molecule has 4 nitrogen and oxygen atoms in total. The molecule has 0 aromatic heterocycles. The number of fused-ring (bicyclic) bond motifs is 5. The van der Waals surface area contributed by atoms with E-state index in [1.54, 1.807) is 0 Å². The van der Waals surface area contributed by atoms with Crippen LogP contribution in [0, 0.1) is 34.0 Å². The van der Waals surface area contributed by atoms with E-state index >= 15 is 0 Å². The van der Waals surface area contributed by atoms with Gasteiger partial charge in [-0.3, -0.25) is 0 Å². The Balaban J connectivity index is 1.43. The van der Waals surface area contributed by atoms with Crippen molar-refractivity contribution in [1.82, 2.24) is 0 Å². The quantitative estimate of drug-likeness (QED) is 0.539. The Bertz CT molecular complexity index is 687. The Morgan fingerprint density at radius 2 is 1.82 bits per heavy atom. The second-order valence-corrected chi connectivity index (χ2v) is 11.5. The van der Waals surface area contributed by atoms with Crippen LogP contribution >= 0.6 is 0 Å². The number of hydrogen-bond donors (Lipinski definition) is 1. The molecule has 1 aliphatic heterocycles. The van der Waals surface area contributed by atoms with Crippen LogP contribution < -0.4 is 0 Å². The van der Waals surface area contributed by atoms with Crippen LogP contribution in [0.3, 0.4) is 0 Å². The largest absolute Gasteiger partial charge is 0.393 e. The van der Waals surface area contributed by atoms with Gasteiger partial charge < -0.3 is 19.4 Å². The van der Waals surface area contributed by atoms with Crippen molar-refractivity contribution >= 4 is 6.29 Å². The number of carbonyl (C=O) groups excluding carboxylic acids is 1. The molecule has 5 aliphatic rings. The van der Waals surface area contributed by atoms with Crippen molar-refractivity contribution in [1.29, 1.82) is 0 Å². The molecule has 3 saturated carbocycles. The van der Waals surface area contributed by atoms with Gasteiger partial charge in [0.05, 0.1) is 24.7 Å².